The van der Waals surface area contributed by atoms with Gasteiger partial charge in [-0.25, -0.2) is 23.9 Å². The lowest BCUT2D eigenvalue weighted by atomic mass is 9.90. The van der Waals surface area contributed by atoms with E-state index in [0.29, 0.717) is 36.7 Å². The van der Waals surface area contributed by atoms with Crippen LogP contribution >= 0.6 is 0 Å². The fourth-order valence-electron chi connectivity index (χ4n) is 4.82. The number of rotatable bonds is 7. The van der Waals surface area contributed by atoms with Gasteiger partial charge in [-0.2, -0.15) is 10.2 Å². The molecular formula is C28H27FN8O2. The lowest BCUT2D eigenvalue weighted by molar-refractivity contribution is 0.101. The van der Waals surface area contributed by atoms with Crippen molar-refractivity contribution in [1.29, 1.82) is 0 Å². The van der Waals surface area contributed by atoms with Crippen LogP contribution in [0.5, 0.6) is 0 Å². The van der Waals surface area contributed by atoms with Gasteiger partial charge in [-0.3, -0.25) is 4.68 Å². The second-order valence-electron chi connectivity index (χ2n) is 9.66. The highest BCUT2D eigenvalue weighted by Gasteiger charge is 2.27. The van der Waals surface area contributed by atoms with Crippen molar-refractivity contribution in [3.63, 3.8) is 0 Å². The van der Waals surface area contributed by atoms with Crippen molar-refractivity contribution in [2.45, 2.75) is 25.5 Å². The van der Waals surface area contributed by atoms with E-state index in [1.165, 1.54) is 12.1 Å². The topological polar surface area (TPSA) is 117 Å². The number of fused-ring (bicyclic) bond motifs is 1. The first-order chi connectivity index (χ1) is 18.9. The Labute approximate surface area is 223 Å². The van der Waals surface area contributed by atoms with Crippen molar-refractivity contribution in [2.24, 2.45) is 0 Å². The zero-order valence-corrected chi connectivity index (χ0v) is 21.3. The lowest BCUT2D eigenvalue weighted by Gasteiger charge is -2.28. The molecule has 1 aliphatic heterocycles. The van der Waals surface area contributed by atoms with Gasteiger partial charge in [0.15, 0.2) is 0 Å². The first kappa shape index (κ1) is 24.8. The van der Waals surface area contributed by atoms with Crippen LogP contribution in [0.3, 0.4) is 0 Å². The number of nitrogens with zero attached hydrogens (tertiary/aromatic N) is 8. The Morgan fingerprint density at radius 3 is 2.49 bits per heavy atom. The summed E-state index contributed by atoms with van der Waals surface area (Å²) in [4.78, 5) is 15.7. The summed E-state index contributed by atoms with van der Waals surface area (Å²) in [6.45, 7) is 3.44. The predicted octanol–water partition coefficient (Wildman–Crippen LogP) is 3.06. The third-order valence-electron chi connectivity index (χ3n) is 7.10. The fraction of sp³-hybridized carbons (Fsp3) is 0.250. The summed E-state index contributed by atoms with van der Waals surface area (Å²) in [6, 6.07) is 7.82. The number of benzene rings is 1. The van der Waals surface area contributed by atoms with Crippen LogP contribution in [0.1, 0.15) is 30.2 Å². The van der Waals surface area contributed by atoms with Crippen LogP contribution in [-0.4, -0.2) is 64.3 Å². The second-order valence-corrected chi connectivity index (χ2v) is 9.66. The molecule has 0 bridgehead atoms. The maximum Gasteiger partial charge on any atom is 0.225 e. The molecule has 198 valence electrons. The monoisotopic (exact) mass is 526 g/mol. The summed E-state index contributed by atoms with van der Waals surface area (Å²) in [6.07, 6.45) is 13.3. The second kappa shape index (κ2) is 10.0. The molecule has 0 amide bonds. The van der Waals surface area contributed by atoms with Gasteiger partial charge in [0.25, 0.3) is 0 Å². The van der Waals surface area contributed by atoms with E-state index >= 15 is 0 Å². The van der Waals surface area contributed by atoms with Crippen LogP contribution in [0.4, 0.5) is 10.3 Å². The standard InChI is InChI=1S/C28H27FN8O2/c1-28(39,22-2-4-24(29)5-3-22)23-14-30-27(31-15-23)35-8-6-19(7-9-35)26-25-12-20(17-37(25)34-18-32-26)21-13-33-36(16-21)10-11-38/h2-6,12-18,38-39H,7-11H2,1H3/t28-/m1/s1. The maximum atomic E-state index is 13.3. The summed E-state index contributed by atoms with van der Waals surface area (Å²) in [5.74, 6) is 0.215. The number of hydrogen-bond donors (Lipinski definition) is 2. The van der Waals surface area contributed by atoms with Gasteiger partial charge in [0.2, 0.25) is 5.95 Å². The predicted molar refractivity (Wildman–Crippen MR) is 143 cm³/mol. The van der Waals surface area contributed by atoms with E-state index < -0.39 is 5.60 Å². The molecule has 1 atom stereocenters. The Hall–Kier alpha value is -4.48. The number of hydrogen-bond acceptors (Lipinski definition) is 8. The van der Waals surface area contributed by atoms with Gasteiger partial charge in [-0.05, 0) is 42.7 Å². The van der Waals surface area contributed by atoms with Gasteiger partial charge in [0.1, 0.15) is 17.7 Å². The maximum absolute atomic E-state index is 13.3. The molecule has 1 aliphatic rings. The third-order valence-corrected chi connectivity index (χ3v) is 7.10. The van der Waals surface area contributed by atoms with E-state index in [0.717, 1.165) is 34.3 Å². The minimum absolute atomic E-state index is 0.0334. The van der Waals surface area contributed by atoms with Crippen LogP contribution in [0, 0.1) is 5.82 Å². The zero-order valence-electron chi connectivity index (χ0n) is 21.3. The van der Waals surface area contributed by atoms with E-state index in [4.69, 9.17) is 5.11 Å². The Kier molecular flexibility index (Phi) is 6.37. The molecule has 0 spiro atoms. The minimum atomic E-state index is -1.34. The highest BCUT2D eigenvalue weighted by molar-refractivity contribution is 5.80. The Morgan fingerprint density at radius 2 is 1.77 bits per heavy atom. The molecule has 0 saturated heterocycles. The Bertz CT molecular complexity index is 1640. The molecule has 0 unspecified atom stereocenters. The molecular weight excluding hydrogens is 499 g/mol. The van der Waals surface area contributed by atoms with Crippen molar-refractivity contribution in [2.75, 3.05) is 24.6 Å². The van der Waals surface area contributed by atoms with E-state index in [2.05, 4.69) is 42.2 Å². The average molecular weight is 527 g/mol. The highest BCUT2D eigenvalue weighted by Crippen LogP contribution is 2.31. The van der Waals surface area contributed by atoms with Crippen LogP contribution in [0.15, 0.2) is 73.7 Å². The average Bonchev–Trinajstić information content (AvgIpc) is 3.61. The molecule has 0 fully saturated rings. The van der Waals surface area contributed by atoms with E-state index in [9.17, 15) is 9.50 Å². The molecule has 5 heterocycles. The van der Waals surface area contributed by atoms with E-state index in [1.807, 2.05) is 16.9 Å². The molecule has 2 N–H and O–H groups in total. The van der Waals surface area contributed by atoms with E-state index in [1.54, 1.807) is 48.7 Å². The SMILES string of the molecule is C[C@@](O)(c1ccc(F)cc1)c1cnc(N2CC=C(c3ncnn4cc(-c5cnn(CCO)c5)cc34)CC2)nc1. The summed E-state index contributed by atoms with van der Waals surface area (Å²) >= 11 is 0. The van der Waals surface area contributed by atoms with Crippen LogP contribution in [0.25, 0.3) is 22.2 Å². The van der Waals surface area contributed by atoms with Gasteiger partial charge in [-0.15, -0.1) is 0 Å². The quantitative estimate of drug-likeness (QED) is 0.332. The largest absolute Gasteiger partial charge is 0.394 e. The van der Waals surface area contributed by atoms with Gasteiger partial charge in [0, 0.05) is 54.6 Å². The molecule has 5 aromatic rings. The molecule has 0 aliphatic carbocycles. The number of aliphatic hydroxyl groups is 2. The van der Waals surface area contributed by atoms with Gasteiger partial charge in [-0.1, -0.05) is 18.2 Å². The minimum Gasteiger partial charge on any atom is -0.394 e. The number of anilines is 1. The van der Waals surface area contributed by atoms with E-state index in [-0.39, 0.29) is 12.4 Å². The summed E-state index contributed by atoms with van der Waals surface area (Å²) < 4.78 is 16.8. The smallest absolute Gasteiger partial charge is 0.225 e. The first-order valence-corrected chi connectivity index (χ1v) is 12.6. The number of halogens is 1. The summed E-state index contributed by atoms with van der Waals surface area (Å²) in [5, 5.41) is 28.9. The van der Waals surface area contributed by atoms with Crippen molar-refractivity contribution in [1.82, 2.24) is 34.3 Å². The fourth-order valence-corrected chi connectivity index (χ4v) is 4.82. The number of aromatic nitrogens is 7. The molecule has 0 saturated carbocycles. The Morgan fingerprint density at radius 1 is 0.974 bits per heavy atom. The molecule has 1 aromatic carbocycles. The van der Waals surface area contributed by atoms with Crippen LogP contribution in [0.2, 0.25) is 0 Å². The molecule has 10 nitrogen and oxygen atoms in total. The molecule has 4 aromatic heterocycles. The van der Waals surface area contributed by atoms with Crippen LogP contribution in [-0.2, 0) is 12.1 Å². The van der Waals surface area contributed by atoms with Gasteiger partial charge < -0.3 is 15.1 Å². The number of aliphatic hydroxyl groups excluding tert-OH is 1. The van der Waals surface area contributed by atoms with Crippen molar-refractivity contribution in [3.05, 3.63) is 96.4 Å². The molecule has 11 heteroatoms. The first-order valence-electron chi connectivity index (χ1n) is 12.6. The molecule has 39 heavy (non-hydrogen) atoms. The molecule has 0 radical (unpaired) electrons. The summed E-state index contributed by atoms with van der Waals surface area (Å²) in [7, 11) is 0. The van der Waals surface area contributed by atoms with Gasteiger partial charge >= 0.3 is 0 Å². The normalized spacial score (nSPS) is 15.4. The van der Waals surface area contributed by atoms with Crippen molar-refractivity contribution < 1.29 is 14.6 Å². The van der Waals surface area contributed by atoms with Crippen molar-refractivity contribution >= 4 is 17.0 Å². The van der Waals surface area contributed by atoms with Crippen molar-refractivity contribution in [3.8, 4) is 11.1 Å². The third kappa shape index (κ3) is 4.77. The lowest BCUT2D eigenvalue weighted by Crippen LogP contribution is -2.30. The van der Waals surface area contributed by atoms with Gasteiger partial charge in [0.05, 0.1) is 30.6 Å². The summed E-state index contributed by atoms with van der Waals surface area (Å²) in [5.41, 5.74) is 4.58. The molecule has 6 rings (SSSR count). The zero-order chi connectivity index (χ0) is 27.0. The Balaban J connectivity index is 1.20. The highest BCUT2D eigenvalue weighted by atomic mass is 19.1. The van der Waals surface area contributed by atoms with Crippen LogP contribution < -0.4 is 4.90 Å².